The number of carbonyl (C=O) groups is 1. The van der Waals surface area contributed by atoms with Crippen molar-refractivity contribution in [1.82, 2.24) is 19.3 Å². The number of benzene rings is 1. The van der Waals surface area contributed by atoms with Gasteiger partial charge in [-0.15, -0.1) is 0 Å². The standard InChI is InChI=1S/C18H18F3N5O2S/c1-3-8-26-16(28)15-13(9-25(2)24-15)23-17(26)29-10-14(27)22-12-7-5-4-6-11(12)18(19,20)21/h4-7,9H,3,8,10H2,1-2H3,(H,22,27). The lowest BCUT2D eigenvalue weighted by molar-refractivity contribution is -0.137. The predicted octanol–water partition coefficient (Wildman–Crippen LogP) is 3.29. The Morgan fingerprint density at radius 2 is 2.00 bits per heavy atom. The number of aromatic nitrogens is 4. The minimum atomic E-state index is -4.58. The second-order valence-corrected chi connectivity index (χ2v) is 7.21. The number of para-hydroxylation sites is 1. The Labute approximate surface area is 167 Å². The van der Waals surface area contributed by atoms with Crippen LogP contribution in [-0.2, 0) is 24.6 Å². The van der Waals surface area contributed by atoms with Crippen molar-refractivity contribution >= 4 is 34.4 Å². The van der Waals surface area contributed by atoms with Crippen LogP contribution in [0.1, 0.15) is 18.9 Å². The molecule has 0 aliphatic carbocycles. The molecule has 7 nitrogen and oxygen atoms in total. The van der Waals surface area contributed by atoms with E-state index in [1.807, 2.05) is 6.92 Å². The quantitative estimate of drug-likeness (QED) is 0.484. The molecule has 29 heavy (non-hydrogen) atoms. The Morgan fingerprint density at radius 3 is 2.69 bits per heavy atom. The fourth-order valence-corrected chi connectivity index (χ4v) is 3.60. The first-order valence-corrected chi connectivity index (χ1v) is 9.72. The molecule has 0 saturated heterocycles. The van der Waals surface area contributed by atoms with E-state index in [1.165, 1.54) is 27.4 Å². The van der Waals surface area contributed by atoms with Crippen molar-refractivity contribution in [3.05, 3.63) is 46.4 Å². The third-order valence-electron chi connectivity index (χ3n) is 3.99. The van der Waals surface area contributed by atoms with Gasteiger partial charge in [0.15, 0.2) is 10.7 Å². The summed E-state index contributed by atoms with van der Waals surface area (Å²) >= 11 is 0.987. The molecular weight excluding hydrogens is 407 g/mol. The second-order valence-electron chi connectivity index (χ2n) is 6.27. The molecule has 3 aromatic rings. The molecule has 0 spiro atoms. The number of alkyl halides is 3. The van der Waals surface area contributed by atoms with Gasteiger partial charge < -0.3 is 5.32 Å². The van der Waals surface area contributed by atoms with Gasteiger partial charge in [0.2, 0.25) is 5.91 Å². The molecule has 0 aliphatic heterocycles. The number of nitrogens with zero attached hydrogens (tertiary/aromatic N) is 4. The highest BCUT2D eigenvalue weighted by Gasteiger charge is 2.33. The highest BCUT2D eigenvalue weighted by atomic mass is 32.2. The Balaban J connectivity index is 1.81. The SMILES string of the molecule is CCCn1c(SCC(=O)Nc2ccccc2C(F)(F)F)nc2cn(C)nc2c1=O. The Hall–Kier alpha value is -2.82. The molecular formula is C18H18F3N5O2S. The molecule has 154 valence electrons. The lowest BCUT2D eigenvalue weighted by Gasteiger charge is -2.14. The molecule has 0 atom stereocenters. The average molecular weight is 425 g/mol. The Morgan fingerprint density at radius 1 is 1.28 bits per heavy atom. The van der Waals surface area contributed by atoms with Crippen molar-refractivity contribution in [2.24, 2.45) is 7.05 Å². The van der Waals surface area contributed by atoms with E-state index in [-0.39, 0.29) is 22.5 Å². The lowest BCUT2D eigenvalue weighted by Crippen LogP contribution is -2.24. The van der Waals surface area contributed by atoms with Crippen LogP contribution in [0.25, 0.3) is 11.0 Å². The molecule has 0 fully saturated rings. The highest BCUT2D eigenvalue weighted by Crippen LogP contribution is 2.34. The molecule has 1 aromatic carbocycles. The van der Waals surface area contributed by atoms with Crippen LogP contribution in [0, 0.1) is 0 Å². The number of fused-ring (bicyclic) bond motifs is 1. The number of rotatable bonds is 6. The van der Waals surface area contributed by atoms with Gasteiger partial charge in [0, 0.05) is 13.6 Å². The van der Waals surface area contributed by atoms with Crippen molar-refractivity contribution in [3.63, 3.8) is 0 Å². The van der Waals surface area contributed by atoms with Gasteiger partial charge in [-0.2, -0.15) is 18.3 Å². The van der Waals surface area contributed by atoms with E-state index >= 15 is 0 Å². The van der Waals surface area contributed by atoms with Gasteiger partial charge in [-0.25, -0.2) is 4.98 Å². The number of carbonyl (C=O) groups excluding carboxylic acids is 1. The van der Waals surface area contributed by atoms with Crippen LogP contribution >= 0.6 is 11.8 Å². The molecule has 11 heteroatoms. The smallest absolute Gasteiger partial charge is 0.325 e. The Kier molecular flexibility index (Phi) is 5.96. The number of amides is 1. The summed E-state index contributed by atoms with van der Waals surface area (Å²) in [7, 11) is 1.67. The summed E-state index contributed by atoms with van der Waals surface area (Å²) in [5.74, 6) is -0.830. The number of aryl methyl sites for hydroxylation is 1. The van der Waals surface area contributed by atoms with Crippen LogP contribution in [0.15, 0.2) is 40.4 Å². The zero-order chi connectivity index (χ0) is 21.2. The van der Waals surface area contributed by atoms with Crippen LogP contribution < -0.4 is 10.9 Å². The monoisotopic (exact) mass is 425 g/mol. The fourth-order valence-electron chi connectivity index (χ4n) is 2.77. The molecule has 2 heterocycles. The van der Waals surface area contributed by atoms with Gasteiger partial charge in [0.25, 0.3) is 5.56 Å². The molecule has 1 amide bonds. The molecule has 0 radical (unpaired) electrons. The third-order valence-corrected chi connectivity index (χ3v) is 4.97. The van der Waals surface area contributed by atoms with Gasteiger partial charge in [-0.05, 0) is 18.6 Å². The number of hydrogen-bond acceptors (Lipinski definition) is 5. The summed E-state index contributed by atoms with van der Waals surface area (Å²) in [5.41, 5.74) is -0.921. The zero-order valence-electron chi connectivity index (χ0n) is 15.7. The largest absolute Gasteiger partial charge is 0.418 e. The number of anilines is 1. The normalized spacial score (nSPS) is 11.8. The van der Waals surface area contributed by atoms with E-state index in [2.05, 4.69) is 15.4 Å². The van der Waals surface area contributed by atoms with Crippen molar-refractivity contribution < 1.29 is 18.0 Å². The van der Waals surface area contributed by atoms with Gasteiger partial charge in [-0.3, -0.25) is 18.8 Å². The van der Waals surface area contributed by atoms with Crippen LogP contribution in [-0.4, -0.2) is 31.0 Å². The lowest BCUT2D eigenvalue weighted by atomic mass is 10.1. The van der Waals surface area contributed by atoms with Crippen LogP contribution in [0.4, 0.5) is 18.9 Å². The minimum Gasteiger partial charge on any atom is -0.325 e. The van der Waals surface area contributed by atoms with Crippen LogP contribution in [0.3, 0.4) is 0 Å². The number of halogens is 3. The van der Waals surface area contributed by atoms with E-state index in [9.17, 15) is 22.8 Å². The van der Waals surface area contributed by atoms with Crippen molar-refractivity contribution in [2.75, 3.05) is 11.1 Å². The van der Waals surface area contributed by atoms with Gasteiger partial charge in [-0.1, -0.05) is 30.8 Å². The summed E-state index contributed by atoms with van der Waals surface area (Å²) in [4.78, 5) is 29.3. The summed E-state index contributed by atoms with van der Waals surface area (Å²) in [6, 6.07) is 4.76. The second kappa shape index (κ2) is 8.27. The fraction of sp³-hybridized carbons (Fsp3) is 0.333. The number of hydrogen-bond donors (Lipinski definition) is 1. The van der Waals surface area contributed by atoms with Crippen molar-refractivity contribution in [1.29, 1.82) is 0 Å². The van der Waals surface area contributed by atoms with E-state index in [0.29, 0.717) is 23.6 Å². The summed E-state index contributed by atoms with van der Waals surface area (Å²) < 4.78 is 42.1. The van der Waals surface area contributed by atoms with E-state index in [4.69, 9.17) is 0 Å². The molecule has 0 unspecified atom stereocenters. The highest BCUT2D eigenvalue weighted by molar-refractivity contribution is 7.99. The molecule has 0 aliphatic rings. The Bertz CT molecular complexity index is 1110. The number of thioether (sulfide) groups is 1. The summed E-state index contributed by atoms with van der Waals surface area (Å²) in [5, 5.41) is 6.71. The van der Waals surface area contributed by atoms with E-state index in [0.717, 1.165) is 17.8 Å². The van der Waals surface area contributed by atoms with Crippen molar-refractivity contribution in [2.45, 2.75) is 31.2 Å². The van der Waals surface area contributed by atoms with Gasteiger partial charge in [0.1, 0.15) is 5.52 Å². The first kappa shape index (κ1) is 20.9. The summed E-state index contributed by atoms with van der Waals surface area (Å²) in [6.45, 7) is 2.28. The predicted molar refractivity (Wildman–Crippen MR) is 104 cm³/mol. The topological polar surface area (TPSA) is 81.8 Å². The van der Waals surface area contributed by atoms with Crippen LogP contribution in [0.2, 0.25) is 0 Å². The van der Waals surface area contributed by atoms with Crippen LogP contribution in [0.5, 0.6) is 0 Å². The average Bonchev–Trinajstić information content (AvgIpc) is 3.03. The van der Waals surface area contributed by atoms with Crippen molar-refractivity contribution in [3.8, 4) is 0 Å². The van der Waals surface area contributed by atoms with Gasteiger partial charge in [0.05, 0.1) is 23.2 Å². The zero-order valence-corrected chi connectivity index (χ0v) is 16.5. The molecule has 3 rings (SSSR count). The molecule has 2 aromatic heterocycles. The first-order chi connectivity index (χ1) is 13.7. The molecule has 0 bridgehead atoms. The van der Waals surface area contributed by atoms with E-state index in [1.54, 1.807) is 13.2 Å². The minimum absolute atomic E-state index is 0.200. The molecule has 1 N–H and O–H groups in total. The maximum atomic E-state index is 13.1. The van der Waals surface area contributed by atoms with Gasteiger partial charge >= 0.3 is 6.18 Å². The summed E-state index contributed by atoms with van der Waals surface area (Å²) in [6.07, 6.45) is -2.32. The number of nitrogens with one attached hydrogen (secondary N) is 1. The first-order valence-electron chi connectivity index (χ1n) is 8.73. The third kappa shape index (κ3) is 4.61. The molecule has 0 saturated carbocycles. The van der Waals surface area contributed by atoms with E-state index < -0.39 is 17.6 Å². The maximum Gasteiger partial charge on any atom is 0.418 e. The maximum absolute atomic E-state index is 13.1.